The summed E-state index contributed by atoms with van der Waals surface area (Å²) in [5.74, 6) is 3.27. The molecule has 0 saturated carbocycles. The van der Waals surface area contributed by atoms with E-state index in [4.69, 9.17) is 18.9 Å². The van der Waals surface area contributed by atoms with Crippen LogP contribution >= 0.6 is 0 Å². The lowest BCUT2D eigenvalue weighted by molar-refractivity contribution is 0.173. The number of ether oxygens (including phenoxy) is 4. The molecule has 1 aliphatic heterocycles. The molecule has 4 heteroatoms. The fourth-order valence-electron chi connectivity index (χ4n) is 3.27. The number of hydrogen-bond acceptors (Lipinski definition) is 4. The van der Waals surface area contributed by atoms with E-state index in [1.165, 1.54) is 5.56 Å². The minimum Gasteiger partial charge on any atom is -0.494 e. The quantitative estimate of drug-likeness (QED) is 0.715. The van der Waals surface area contributed by atoms with Crippen molar-refractivity contribution >= 4 is 0 Å². The van der Waals surface area contributed by atoms with Gasteiger partial charge in [-0.2, -0.15) is 0 Å². The van der Waals surface area contributed by atoms with Crippen molar-refractivity contribution in [3.05, 3.63) is 47.5 Å². The third-order valence-electron chi connectivity index (χ3n) is 4.88. The monoisotopic (exact) mass is 342 g/mol. The largest absolute Gasteiger partial charge is 0.494 e. The summed E-state index contributed by atoms with van der Waals surface area (Å²) in [6.45, 7) is 9.95. The smallest absolute Gasteiger partial charge is 0.231 e. The average Bonchev–Trinajstić information content (AvgIpc) is 3.09. The van der Waals surface area contributed by atoms with Crippen molar-refractivity contribution in [2.45, 2.75) is 39.5 Å². The van der Waals surface area contributed by atoms with Crippen LogP contribution in [0.15, 0.2) is 36.4 Å². The highest BCUT2D eigenvalue weighted by Crippen LogP contribution is 2.46. The maximum absolute atomic E-state index is 5.93. The molecule has 0 aromatic heterocycles. The zero-order valence-electron chi connectivity index (χ0n) is 15.4. The first-order valence-electron chi connectivity index (χ1n) is 8.92. The number of rotatable bonds is 7. The molecular weight excluding hydrogens is 316 g/mol. The Balaban J connectivity index is 2.06. The average molecular weight is 342 g/mol. The molecule has 0 fully saturated rings. The van der Waals surface area contributed by atoms with Crippen LogP contribution < -0.4 is 18.9 Å². The molecule has 2 aromatic rings. The van der Waals surface area contributed by atoms with Gasteiger partial charge in [-0.25, -0.2) is 0 Å². The lowest BCUT2D eigenvalue weighted by atomic mass is 9.73. The van der Waals surface area contributed by atoms with Gasteiger partial charge in [-0.05, 0) is 44.0 Å². The summed E-state index contributed by atoms with van der Waals surface area (Å²) >= 11 is 0. The van der Waals surface area contributed by atoms with E-state index in [2.05, 4.69) is 32.0 Å². The Hall–Kier alpha value is -2.36. The molecule has 0 unspecified atom stereocenters. The zero-order chi connectivity index (χ0) is 17.9. The van der Waals surface area contributed by atoms with E-state index < -0.39 is 0 Å². The minimum absolute atomic E-state index is 0.198. The SMILES string of the molecule is CCOc1ccc([C@](C)(CC)c2cc3c(cc2OCC)OCO3)cc1. The maximum atomic E-state index is 5.93. The van der Waals surface area contributed by atoms with Crippen LogP contribution in [0.5, 0.6) is 23.0 Å². The molecule has 25 heavy (non-hydrogen) atoms. The van der Waals surface area contributed by atoms with E-state index in [0.29, 0.717) is 13.2 Å². The topological polar surface area (TPSA) is 36.9 Å². The van der Waals surface area contributed by atoms with Crippen molar-refractivity contribution in [2.24, 2.45) is 0 Å². The van der Waals surface area contributed by atoms with Gasteiger partial charge in [0.25, 0.3) is 0 Å². The molecule has 0 spiro atoms. The van der Waals surface area contributed by atoms with Crippen LogP contribution in [0.1, 0.15) is 45.2 Å². The van der Waals surface area contributed by atoms with Crippen molar-refractivity contribution in [3.63, 3.8) is 0 Å². The van der Waals surface area contributed by atoms with Gasteiger partial charge in [-0.3, -0.25) is 0 Å². The van der Waals surface area contributed by atoms with Gasteiger partial charge in [-0.1, -0.05) is 26.0 Å². The van der Waals surface area contributed by atoms with Crippen LogP contribution in [0.3, 0.4) is 0 Å². The predicted molar refractivity (Wildman–Crippen MR) is 98.1 cm³/mol. The number of fused-ring (bicyclic) bond motifs is 1. The lowest BCUT2D eigenvalue weighted by Gasteiger charge is -2.31. The molecule has 4 nitrogen and oxygen atoms in total. The van der Waals surface area contributed by atoms with Gasteiger partial charge in [0.15, 0.2) is 11.5 Å². The molecule has 0 amide bonds. The molecule has 0 aliphatic carbocycles. The molecular formula is C21H26O4. The summed E-state index contributed by atoms with van der Waals surface area (Å²) in [7, 11) is 0. The molecule has 0 bridgehead atoms. The molecule has 134 valence electrons. The first-order chi connectivity index (χ1) is 12.1. The second kappa shape index (κ2) is 7.26. The molecule has 3 rings (SSSR count). The first-order valence-corrected chi connectivity index (χ1v) is 8.92. The van der Waals surface area contributed by atoms with Crippen molar-refractivity contribution in [3.8, 4) is 23.0 Å². The maximum Gasteiger partial charge on any atom is 0.231 e. The van der Waals surface area contributed by atoms with Crippen LogP contribution in [0, 0.1) is 0 Å². The third-order valence-corrected chi connectivity index (χ3v) is 4.88. The Morgan fingerprint density at radius 2 is 1.56 bits per heavy atom. The van der Waals surface area contributed by atoms with E-state index in [0.717, 1.165) is 35.0 Å². The Bertz CT molecular complexity index is 723. The Morgan fingerprint density at radius 1 is 0.920 bits per heavy atom. The highest BCUT2D eigenvalue weighted by molar-refractivity contribution is 5.57. The van der Waals surface area contributed by atoms with E-state index >= 15 is 0 Å². The Labute approximate surface area is 149 Å². The minimum atomic E-state index is -0.198. The van der Waals surface area contributed by atoms with Gasteiger partial charge in [0.1, 0.15) is 11.5 Å². The summed E-state index contributed by atoms with van der Waals surface area (Å²) in [6.07, 6.45) is 0.931. The zero-order valence-corrected chi connectivity index (χ0v) is 15.4. The van der Waals surface area contributed by atoms with Crippen LogP contribution in [-0.4, -0.2) is 20.0 Å². The van der Waals surface area contributed by atoms with Crippen LogP contribution in [0.2, 0.25) is 0 Å². The number of benzene rings is 2. The van der Waals surface area contributed by atoms with Crippen LogP contribution in [-0.2, 0) is 5.41 Å². The summed E-state index contributed by atoms with van der Waals surface area (Å²) in [4.78, 5) is 0. The van der Waals surface area contributed by atoms with Gasteiger partial charge in [0, 0.05) is 17.0 Å². The molecule has 0 saturated heterocycles. The van der Waals surface area contributed by atoms with Gasteiger partial charge in [-0.15, -0.1) is 0 Å². The Morgan fingerprint density at radius 3 is 2.16 bits per heavy atom. The van der Waals surface area contributed by atoms with Crippen LogP contribution in [0.25, 0.3) is 0 Å². The molecule has 1 atom stereocenters. The van der Waals surface area contributed by atoms with Crippen molar-refractivity contribution < 1.29 is 18.9 Å². The summed E-state index contributed by atoms with van der Waals surface area (Å²) in [6, 6.07) is 12.3. The fourth-order valence-corrected chi connectivity index (χ4v) is 3.27. The summed E-state index contributed by atoms with van der Waals surface area (Å²) < 4.78 is 22.6. The van der Waals surface area contributed by atoms with Crippen molar-refractivity contribution in [2.75, 3.05) is 20.0 Å². The standard InChI is InChI=1S/C21H26O4/c1-5-21(4,15-8-10-16(11-9-15)22-6-2)17-12-19-20(25-14-24-19)13-18(17)23-7-3/h8-13H,5-7,14H2,1-4H3/t21-/m0/s1. The molecule has 1 aliphatic rings. The molecule has 0 N–H and O–H groups in total. The van der Waals surface area contributed by atoms with Gasteiger partial charge in [0.05, 0.1) is 13.2 Å². The van der Waals surface area contributed by atoms with Crippen molar-refractivity contribution in [1.82, 2.24) is 0 Å². The number of hydrogen-bond donors (Lipinski definition) is 0. The lowest BCUT2D eigenvalue weighted by Crippen LogP contribution is -2.23. The Kier molecular flexibility index (Phi) is 5.07. The molecule has 0 radical (unpaired) electrons. The summed E-state index contributed by atoms with van der Waals surface area (Å²) in [5.41, 5.74) is 2.14. The van der Waals surface area contributed by atoms with E-state index in [1.807, 2.05) is 32.0 Å². The molecule has 1 heterocycles. The second-order valence-electron chi connectivity index (χ2n) is 6.28. The van der Waals surface area contributed by atoms with E-state index in [1.54, 1.807) is 0 Å². The van der Waals surface area contributed by atoms with Gasteiger partial charge < -0.3 is 18.9 Å². The van der Waals surface area contributed by atoms with Gasteiger partial charge in [0.2, 0.25) is 6.79 Å². The summed E-state index contributed by atoms with van der Waals surface area (Å²) in [5, 5.41) is 0. The normalized spacial score (nSPS) is 14.9. The van der Waals surface area contributed by atoms with E-state index in [9.17, 15) is 0 Å². The fraction of sp³-hybridized carbons (Fsp3) is 0.429. The van der Waals surface area contributed by atoms with Crippen LogP contribution in [0.4, 0.5) is 0 Å². The molecule has 2 aromatic carbocycles. The highest BCUT2D eigenvalue weighted by atomic mass is 16.7. The predicted octanol–water partition coefficient (Wildman–Crippen LogP) is 4.93. The first kappa shape index (κ1) is 17.5. The third kappa shape index (κ3) is 3.26. The highest BCUT2D eigenvalue weighted by Gasteiger charge is 2.32. The van der Waals surface area contributed by atoms with E-state index in [-0.39, 0.29) is 12.2 Å². The van der Waals surface area contributed by atoms with Gasteiger partial charge >= 0.3 is 0 Å². The van der Waals surface area contributed by atoms with Crippen molar-refractivity contribution in [1.29, 1.82) is 0 Å². The second-order valence-corrected chi connectivity index (χ2v) is 6.28.